The van der Waals surface area contributed by atoms with Crippen LogP contribution in [0.2, 0.25) is 0 Å². The number of fused-ring (bicyclic) bond motifs is 1. The molecule has 0 aliphatic carbocycles. The lowest BCUT2D eigenvalue weighted by Crippen LogP contribution is -2.60. The summed E-state index contributed by atoms with van der Waals surface area (Å²) >= 11 is 0. The molecule has 1 atom stereocenters. The molecule has 0 radical (unpaired) electrons. The van der Waals surface area contributed by atoms with Crippen molar-refractivity contribution in [3.63, 3.8) is 0 Å². The Balaban J connectivity index is 1.91. The Morgan fingerprint density at radius 2 is 2.09 bits per heavy atom. The van der Waals surface area contributed by atoms with E-state index in [1.165, 1.54) is 0 Å². The van der Waals surface area contributed by atoms with E-state index in [1.54, 1.807) is 6.07 Å². The van der Waals surface area contributed by atoms with Crippen LogP contribution in [0.3, 0.4) is 0 Å². The molecule has 7 heteroatoms. The van der Waals surface area contributed by atoms with E-state index in [4.69, 9.17) is 4.99 Å². The second kappa shape index (κ2) is 6.60. The van der Waals surface area contributed by atoms with Crippen molar-refractivity contribution in [2.45, 2.75) is 19.6 Å². The molecule has 0 amide bonds. The number of H-pyrrole nitrogens is 1. The first-order valence-electron chi connectivity index (χ1n) is 7.91. The van der Waals surface area contributed by atoms with Gasteiger partial charge in [0.2, 0.25) is 5.56 Å². The van der Waals surface area contributed by atoms with Gasteiger partial charge in [-0.15, -0.1) is 0 Å². The molecule has 3 heterocycles. The number of hydrogen-bond donors (Lipinski definition) is 2. The molecule has 0 aromatic carbocycles. The van der Waals surface area contributed by atoms with Crippen molar-refractivity contribution in [2.75, 3.05) is 39.8 Å². The summed E-state index contributed by atoms with van der Waals surface area (Å²) in [7, 11) is 2.15. The smallest absolute Gasteiger partial charge is 0.249 e. The lowest BCUT2D eigenvalue weighted by atomic mass is 10.3. The van der Waals surface area contributed by atoms with Gasteiger partial charge in [0.25, 0.3) is 0 Å². The molecule has 1 aromatic rings. The summed E-state index contributed by atoms with van der Waals surface area (Å²) in [5.74, 6) is 0. The summed E-state index contributed by atoms with van der Waals surface area (Å²) in [5, 5.41) is 8.89. The summed E-state index contributed by atoms with van der Waals surface area (Å²) in [6.07, 6.45) is 2.96. The second-order valence-corrected chi connectivity index (χ2v) is 5.85. The molecule has 1 aromatic heterocycles. The third-order valence-corrected chi connectivity index (χ3v) is 4.09. The van der Waals surface area contributed by atoms with Gasteiger partial charge >= 0.3 is 0 Å². The van der Waals surface area contributed by atoms with Gasteiger partial charge in [-0.2, -0.15) is 0 Å². The van der Waals surface area contributed by atoms with Crippen molar-refractivity contribution >= 4 is 6.20 Å². The minimum atomic E-state index is -0.158. The Bertz CT molecular complexity index is 676. The lowest BCUT2D eigenvalue weighted by Gasteiger charge is -2.43. The van der Waals surface area contributed by atoms with Crippen molar-refractivity contribution in [3.8, 4) is 0 Å². The highest BCUT2D eigenvalue weighted by Gasteiger charge is 2.25. The number of nitrogens with one attached hydrogen (secondary N) is 2. The van der Waals surface area contributed by atoms with Gasteiger partial charge in [0.15, 0.2) is 6.29 Å². The van der Waals surface area contributed by atoms with E-state index in [2.05, 4.69) is 45.4 Å². The zero-order valence-electron chi connectivity index (χ0n) is 13.2. The van der Waals surface area contributed by atoms with E-state index < -0.39 is 0 Å². The fourth-order valence-electron chi connectivity index (χ4n) is 2.76. The highest BCUT2D eigenvalue weighted by molar-refractivity contribution is 5.22. The molecule has 0 spiro atoms. The number of aromatic amines is 1. The average molecular weight is 304 g/mol. The van der Waals surface area contributed by atoms with Crippen LogP contribution in [0.4, 0.5) is 0 Å². The molecule has 2 N–H and O–H groups in total. The predicted molar refractivity (Wildman–Crippen MR) is 85.3 cm³/mol. The zero-order valence-corrected chi connectivity index (χ0v) is 13.2. The van der Waals surface area contributed by atoms with E-state index in [0.29, 0.717) is 5.49 Å². The molecule has 1 unspecified atom stereocenters. The monoisotopic (exact) mass is 304 g/mol. The van der Waals surface area contributed by atoms with Gasteiger partial charge in [-0.3, -0.25) is 15.1 Å². The van der Waals surface area contributed by atoms with Crippen molar-refractivity contribution in [2.24, 2.45) is 4.99 Å². The number of rotatable bonds is 4. The fourth-order valence-corrected chi connectivity index (χ4v) is 2.76. The summed E-state index contributed by atoms with van der Waals surface area (Å²) in [6, 6.07) is 3.38. The number of hydrazine groups is 1. The predicted octanol–water partition coefficient (Wildman–Crippen LogP) is -1.51. The number of hydrogen-bond acceptors (Lipinski definition) is 6. The van der Waals surface area contributed by atoms with Crippen molar-refractivity contribution in [1.82, 2.24) is 25.2 Å². The molecule has 22 heavy (non-hydrogen) atoms. The SMILES string of the molecule is CCCNC1N=c2[nH]c(=O)ccc2=CN1N1CCN(C)CC1. The van der Waals surface area contributed by atoms with E-state index >= 15 is 0 Å². The normalized spacial score (nSPS) is 22.8. The summed E-state index contributed by atoms with van der Waals surface area (Å²) in [5.41, 5.74) is 0.546. The van der Waals surface area contributed by atoms with Crippen LogP contribution in [0.15, 0.2) is 21.9 Å². The maximum absolute atomic E-state index is 11.5. The van der Waals surface area contributed by atoms with Crippen molar-refractivity contribution < 1.29 is 0 Å². The van der Waals surface area contributed by atoms with Gasteiger partial charge in [0.1, 0.15) is 5.49 Å². The topological polar surface area (TPSA) is 67.0 Å². The standard InChI is InChI=1S/C15H24N6O/c1-3-6-16-15-18-14-12(4-5-13(22)17-14)11-21(15)20-9-7-19(2)8-10-20/h4-5,11,15-16H,3,6-10H2,1-2H3,(H,17,18,22). The van der Waals surface area contributed by atoms with Gasteiger partial charge in [0, 0.05) is 43.7 Å². The van der Waals surface area contributed by atoms with E-state index in [0.717, 1.165) is 44.4 Å². The van der Waals surface area contributed by atoms with Crippen molar-refractivity contribution in [3.05, 3.63) is 33.2 Å². The van der Waals surface area contributed by atoms with Crippen LogP contribution in [0, 0.1) is 0 Å². The van der Waals surface area contributed by atoms with Gasteiger partial charge in [-0.1, -0.05) is 6.92 Å². The highest BCUT2D eigenvalue weighted by Crippen LogP contribution is 2.10. The summed E-state index contributed by atoms with van der Waals surface area (Å²) < 4.78 is 0. The molecular formula is C15H24N6O. The average Bonchev–Trinajstić information content (AvgIpc) is 2.53. The molecule has 120 valence electrons. The number of piperazine rings is 1. The number of likely N-dealkylation sites (N-methyl/N-ethyl adjacent to an activating group) is 1. The number of pyridine rings is 1. The molecule has 1 saturated heterocycles. The molecule has 7 nitrogen and oxygen atoms in total. The summed E-state index contributed by atoms with van der Waals surface area (Å²) in [6.45, 7) is 7.07. The molecule has 2 aliphatic rings. The lowest BCUT2D eigenvalue weighted by molar-refractivity contribution is -0.0396. The first-order valence-corrected chi connectivity index (χ1v) is 7.91. The maximum Gasteiger partial charge on any atom is 0.249 e. The Hall–Kier alpha value is -1.70. The second-order valence-electron chi connectivity index (χ2n) is 5.85. The van der Waals surface area contributed by atoms with Gasteiger partial charge in [-0.25, -0.2) is 10.0 Å². The molecule has 1 fully saturated rings. The third kappa shape index (κ3) is 3.21. The maximum atomic E-state index is 11.5. The summed E-state index contributed by atoms with van der Waals surface area (Å²) in [4.78, 5) is 21.3. The third-order valence-electron chi connectivity index (χ3n) is 4.09. The first-order chi connectivity index (χ1) is 10.7. The Morgan fingerprint density at radius 1 is 1.32 bits per heavy atom. The highest BCUT2D eigenvalue weighted by atomic mass is 16.1. The minimum absolute atomic E-state index is 0.113. The van der Waals surface area contributed by atoms with Gasteiger partial charge in [0.05, 0.1) is 0 Å². The Kier molecular flexibility index (Phi) is 4.56. The number of nitrogens with zero attached hydrogens (tertiary/aromatic N) is 4. The van der Waals surface area contributed by atoms with Crippen LogP contribution in [0.5, 0.6) is 0 Å². The van der Waals surface area contributed by atoms with E-state index in [1.807, 2.05) is 6.07 Å². The van der Waals surface area contributed by atoms with Crippen LogP contribution in [-0.2, 0) is 0 Å². The van der Waals surface area contributed by atoms with E-state index in [9.17, 15) is 4.79 Å². The quantitative estimate of drug-likeness (QED) is 0.708. The Labute approximate surface area is 129 Å². The van der Waals surface area contributed by atoms with Crippen LogP contribution in [0.1, 0.15) is 13.3 Å². The molecule has 0 bridgehead atoms. The molecule has 3 rings (SSSR count). The van der Waals surface area contributed by atoms with Gasteiger partial charge in [-0.05, 0) is 26.1 Å². The van der Waals surface area contributed by atoms with Gasteiger partial charge < -0.3 is 9.88 Å². The Morgan fingerprint density at radius 3 is 2.82 bits per heavy atom. The minimum Gasteiger partial charge on any atom is -0.307 e. The zero-order chi connectivity index (χ0) is 15.5. The molecule has 2 aliphatic heterocycles. The largest absolute Gasteiger partial charge is 0.307 e. The van der Waals surface area contributed by atoms with Crippen LogP contribution in [0.25, 0.3) is 6.20 Å². The molecule has 0 saturated carbocycles. The first kappa shape index (κ1) is 15.2. The van der Waals surface area contributed by atoms with E-state index in [-0.39, 0.29) is 11.8 Å². The van der Waals surface area contributed by atoms with Crippen molar-refractivity contribution in [1.29, 1.82) is 0 Å². The van der Waals surface area contributed by atoms with Crippen LogP contribution >= 0.6 is 0 Å². The fraction of sp³-hybridized carbons (Fsp3) is 0.600. The number of aromatic nitrogens is 1. The van der Waals surface area contributed by atoms with Crippen LogP contribution in [-0.4, -0.2) is 66.0 Å². The van der Waals surface area contributed by atoms with Crippen LogP contribution < -0.4 is 21.6 Å². The molecular weight excluding hydrogens is 280 g/mol.